The molecule has 6 heteroatoms. The Balaban J connectivity index is -0.00000109. The second-order valence-corrected chi connectivity index (χ2v) is 23.9. The molecule has 35 heavy (non-hydrogen) atoms. The van der Waals surface area contributed by atoms with Gasteiger partial charge >= 0.3 is 161 Å². The van der Waals surface area contributed by atoms with Gasteiger partial charge in [0, 0.05) is 0 Å². The van der Waals surface area contributed by atoms with E-state index >= 15 is 0 Å². The van der Waals surface area contributed by atoms with Crippen molar-refractivity contribution in [1.82, 2.24) is 4.90 Å². The Hall–Kier alpha value is -0.791. The minimum atomic E-state index is -3.39. The summed E-state index contributed by atoms with van der Waals surface area (Å²) in [5, 5.41) is 1.99. The van der Waals surface area contributed by atoms with Crippen LogP contribution in [0, 0.1) is 0 Å². The zero-order valence-electron chi connectivity index (χ0n) is 19.2. The molecule has 0 N–H and O–H groups in total. The van der Waals surface area contributed by atoms with Crippen LogP contribution in [0.15, 0.2) is 41.3 Å². The van der Waals surface area contributed by atoms with E-state index in [-0.39, 0.29) is 37.1 Å². The molecule has 0 saturated carbocycles. The average Bonchev–Trinajstić information content (AvgIpc) is 2.95. The molecule has 4 nitrogen and oxygen atoms in total. The molecule has 4 aliphatic heterocycles. The first-order chi connectivity index (χ1) is 14.6. The monoisotopic (exact) mass is 618 g/mol. The first-order valence-electron chi connectivity index (χ1n) is 11.9. The van der Waals surface area contributed by atoms with E-state index in [9.17, 15) is 8.42 Å². The average molecular weight is 618 g/mol. The number of sulfonamides is 1. The Kier molecular flexibility index (Phi) is 18.7. The van der Waals surface area contributed by atoms with Crippen LogP contribution in [0.5, 0.6) is 0 Å². The van der Waals surface area contributed by atoms with Gasteiger partial charge in [0.1, 0.15) is 0 Å². The number of nitrogens with zero attached hydrogens (tertiary/aromatic N) is 2. The van der Waals surface area contributed by atoms with Gasteiger partial charge in [0.05, 0.1) is 0 Å². The molecule has 0 aliphatic carbocycles. The van der Waals surface area contributed by atoms with Crippen molar-refractivity contribution in [3.05, 3.63) is 36.4 Å². The molecule has 4 heterocycles. The molecule has 0 radical (unpaired) electrons. The van der Waals surface area contributed by atoms with Crippen molar-refractivity contribution in [3.63, 3.8) is 0 Å². The van der Waals surface area contributed by atoms with E-state index in [2.05, 4.69) is 4.90 Å². The van der Waals surface area contributed by atoms with Crippen molar-refractivity contribution in [2.45, 2.75) is 102 Å². The van der Waals surface area contributed by atoms with Crippen LogP contribution in [-0.2, 0) is 10.0 Å². The van der Waals surface area contributed by atoms with Crippen LogP contribution in [0.4, 0.5) is 5.69 Å². The Morgan fingerprint density at radius 1 is 0.743 bits per heavy atom. The van der Waals surface area contributed by atoms with Crippen LogP contribution in [0.2, 0.25) is 13.3 Å². The molecular formula is C29H58N2O2SSn. The standard InChI is InChI=1S/C11H8NO2S.C9H18N.2C2H6.5CH4.Sn/c1-12-9-6-2-4-8-5-3-7-10(11(8)9)15(12,13)14;1-4-7-10(8-5-2)9-6-3;2*1-2;;;;;;/h2-7H,1H2;1-9H2;2*1-2H3;5*1H4;. The quantitative estimate of drug-likeness (QED) is 0.316. The zero-order chi connectivity index (χ0) is 21.8. The van der Waals surface area contributed by atoms with Crippen molar-refractivity contribution < 1.29 is 8.42 Å². The molecule has 2 aromatic carbocycles. The van der Waals surface area contributed by atoms with E-state index < -0.39 is 28.4 Å². The summed E-state index contributed by atoms with van der Waals surface area (Å²) in [5.74, 6) is 0. The van der Waals surface area contributed by atoms with Gasteiger partial charge in [0.15, 0.2) is 0 Å². The van der Waals surface area contributed by atoms with Gasteiger partial charge in [0.2, 0.25) is 0 Å². The molecular weight excluding hydrogens is 559 g/mol. The summed E-state index contributed by atoms with van der Waals surface area (Å²) in [6.45, 7) is 11.7. The topological polar surface area (TPSA) is 40.6 Å². The Morgan fingerprint density at radius 2 is 1.20 bits per heavy atom. The first-order valence-corrected chi connectivity index (χ1v) is 21.4. The van der Waals surface area contributed by atoms with Gasteiger partial charge in [-0.15, -0.1) is 0 Å². The Labute approximate surface area is 224 Å². The van der Waals surface area contributed by atoms with E-state index in [0.29, 0.717) is 4.90 Å². The second kappa shape index (κ2) is 16.9. The summed E-state index contributed by atoms with van der Waals surface area (Å²) >= 11 is -2.51. The van der Waals surface area contributed by atoms with Gasteiger partial charge in [0.25, 0.3) is 0 Å². The molecule has 6 rings (SSSR count). The van der Waals surface area contributed by atoms with Gasteiger partial charge in [-0.3, -0.25) is 0 Å². The fourth-order valence-electron chi connectivity index (χ4n) is 5.41. The van der Waals surface area contributed by atoms with E-state index in [1.165, 1.54) is 52.2 Å². The molecule has 2 aromatic rings. The number of hydrogen-bond acceptors (Lipinski definition) is 3. The van der Waals surface area contributed by atoms with Crippen molar-refractivity contribution in [2.24, 2.45) is 0 Å². The number of hydrogen-bond donors (Lipinski definition) is 0. The van der Waals surface area contributed by atoms with Crippen molar-refractivity contribution in [3.8, 4) is 0 Å². The van der Waals surface area contributed by atoms with E-state index in [1.54, 1.807) is 6.07 Å². The molecule has 0 aromatic heterocycles. The van der Waals surface area contributed by atoms with Crippen LogP contribution in [-0.4, -0.2) is 55.9 Å². The molecule has 3 saturated heterocycles. The maximum absolute atomic E-state index is 13.4. The predicted molar refractivity (Wildman–Crippen MR) is 165 cm³/mol. The van der Waals surface area contributed by atoms with Crippen molar-refractivity contribution >= 4 is 44.9 Å². The third-order valence-electron chi connectivity index (χ3n) is 6.70. The summed E-state index contributed by atoms with van der Waals surface area (Å²) in [4.78, 5) is 3.15. The maximum atomic E-state index is 13.4. The van der Waals surface area contributed by atoms with Gasteiger partial charge < -0.3 is 0 Å². The van der Waals surface area contributed by atoms with Gasteiger partial charge in [-0.1, -0.05) is 64.8 Å². The number of rotatable bonds is 2. The summed E-state index contributed by atoms with van der Waals surface area (Å²) in [6.07, 6.45) is 3.84. The number of benzene rings is 2. The third-order valence-corrected chi connectivity index (χ3v) is 24.1. The molecule has 0 unspecified atom stereocenters. The molecule has 3 fully saturated rings. The van der Waals surface area contributed by atoms with Gasteiger partial charge in [-0.05, 0) is 0 Å². The SMILES string of the molecule is C.C.C.C.C.CC.CC.O=S1(=O)c2cccc3cccc(c23)N1[CH2][Sn]12[CH2]CCN(CC[CH2]1)CC[CH2]2. The van der Waals surface area contributed by atoms with E-state index in [1.807, 2.05) is 62.3 Å². The number of anilines is 1. The molecule has 0 amide bonds. The predicted octanol–water partition coefficient (Wildman–Crippen LogP) is 9.07. The van der Waals surface area contributed by atoms with Crippen molar-refractivity contribution in [1.29, 1.82) is 0 Å². The van der Waals surface area contributed by atoms with Crippen LogP contribution in [0.3, 0.4) is 0 Å². The van der Waals surface area contributed by atoms with Crippen LogP contribution in [0.25, 0.3) is 10.8 Å². The van der Waals surface area contributed by atoms with Gasteiger partial charge in [-0.25, -0.2) is 0 Å². The van der Waals surface area contributed by atoms with E-state index in [0.717, 1.165) is 21.0 Å². The molecule has 4 aliphatic rings. The Morgan fingerprint density at radius 3 is 1.69 bits per heavy atom. The summed E-state index contributed by atoms with van der Waals surface area (Å²) < 4.78 is 33.5. The second-order valence-electron chi connectivity index (χ2n) is 8.30. The van der Waals surface area contributed by atoms with Crippen LogP contribution in [0.1, 0.15) is 84.1 Å². The molecule has 0 spiro atoms. The van der Waals surface area contributed by atoms with Crippen LogP contribution >= 0.6 is 0 Å². The normalized spacial score (nSPS) is 22.7. The Bertz CT molecular complexity index is 931. The fourth-order valence-corrected chi connectivity index (χ4v) is 23.8. The van der Waals surface area contributed by atoms with Crippen LogP contribution < -0.4 is 4.31 Å². The summed E-state index contributed by atoms with van der Waals surface area (Å²) in [7, 11) is -3.39. The molecule has 206 valence electrons. The van der Waals surface area contributed by atoms with E-state index in [4.69, 9.17) is 0 Å². The first kappa shape index (κ1) is 38.7. The molecule has 0 atom stereocenters. The minimum absolute atomic E-state index is 0. The summed E-state index contributed by atoms with van der Waals surface area (Å²) in [5.41, 5.74) is 0.940. The van der Waals surface area contributed by atoms with Crippen molar-refractivity contribution in [2.75, 3.05) is 28.5 Å². The fraction of sp³-hybridized carbons (Fsp3) is 0.655. The molecule has 2 bridgehead atoms. The van der Waals surface area contributed by atoms with Gasteiger partial charge in [-0.2, -0.15) is 0 Å². The third kappa shape index (κ3) is 7.61. The summed E-state index contributed by atoms with van der Waals surface area (Å²) in [6, 6.07) is 11.8. The number of fused-ring (bicyclic) bond motifs is 6. The zero-order valence-corrected chi connectivity index (χ0v) is 22.8.